The van der Waals surface area contributed by atoms with E-state index in [0.717, 1.165) is 19.0 Å². The smallest absolute Gasteiger partial charge is 0.0217 e. The Morgan fingerprint density at radius 2 is 1.85 bits per heavy atom. The highest BCUT2D eigenvalue weighted by Gasteiger charge is 2.12. The molecule has 0 saturated carbocycles. The van der Waals surface area contributed by atoms with Gasteiger partial charge in [-0.1, -0.05) is 27.2 Å². The van der Waals surface area contributed by atoms with Crippen molar-refractivity contribution in [2.75, 3.05) is 27.2 Å². The van der Waals surface area contributed by atoms with Gasteiger partial charge in [0.2, 0.25) is 0 Å². The molecule has 0 aromatic rings. The van der Waals surface area contributed by atoms with Gasteiger partial charge in [-0.05, 0) is 33.0 Å². The molecule has 0 fully saturated rings. The minimum Gasteiger partial charge on any atom is -0.312 e. The highest BCUT2D eigenvalue weighted by Crippen LogP contribution is 2.02. The summed E-state index contributed by atoms with van der Waals surface area (Å²) in [5.41, 5.74) is 0. The molecule has 0 amide bonds. The Labute approximate surface area is 83.7 Å². The van der Waals surface area contributed by atoms with Gasteiger partial charge in [-0.2, -0.15) is 0 Å². The van der Waals surface area contributed by atoms with Gasteiger partial charge in [-0.25, -0.2) is 0 Å². The van der Waals surface area contributed by atoms with Crippen LogP contribution in [0.2, 0.25) is 0 Å². The van der Waals surface area contributed by atoms with Crippen LogP contribution in [0.1, 0.15) is 33.6 Å². The van der Waals surface area contributed by atoms with Crippen molar-refractivity contribution in [1.29, 1.82) is 0 Å². The molecule has 0 aliphatic rings. The van der Waals surface area contributed by atoms with Crippen molar-refractivity contribution < 1.29 is 0 Å². The second-order valence-corrected chi connectivity index (χ2v) is 4.42. The molecule has 2 nitrogen and oxygen atoms in total. The molecule has 0 unspecified atom stereocenters. The lowest BCUT2D eigenvalue weighted by Crippen LogP contribution is -2.42. The lowest BCUT2D eigenvalue weighted by Gasteiger charge is -2.25. The van der Waals surface area contributed by atoms with Gasteiger partial charge in [0.15, 0.2) is 0 Å². The first kappa shape index (κ1) is 12.9. The van der Waals surface area contributed by atoms with Crippen LogP contribution in [0.25, 0.3) is 0 Å². The molecule has 80 valence electrons. The number of hydrogen-bond acceptors (Lipinski definition) is 2. The van der Waals surface area contributed by atoms with E-state index in [2.05, 4.69) is 45.1 Å². The van der Waals surface area contributed by atoms with Crippen LogP contribution < -0.4 is 5.32 Å². The van der Waals surface area contributed by atoms with E-state index in [0.29, 0.717) is 6.04 Å². The van der Waals surface area contributed by atoms with Gasteiger partial charge in [0.05, 0.1) is 0 Å². The van der Waals surface area contributed by atoms with E-state index in [1.807, 2.05) is 0 Å². The predicted molar refractivity (Wildman–Crippen MR) is 60.1 cm³/mol. The van der Waals surface area contributed by atoms with E-state index in [1.165, 1.54) is 12.8 Å². The molecule has 0 aliphatic carbocycles. The Kier molecular flexibility index (Phi) is 7.29. The minimum absolute atomic E-state index is 0.640. The van der Waals surface area contributed by atoms with Crippen LogP contribution in [0.15, 0.2) is 0 Å². The van der Waals surface area contributed by atoms with Crippen LogP contribution in [0.4, 0.5) is 0 Å². The summed E-state index contributed by atoms with van der Waals surface area (Å²) in [6.45, 7) is 9.10. The van der Waals surface area contributed by atoms with Gasteiger partial charge in [0, 0.05) is 12.6 Å². The molecule has 0 spiro atoms. The third-order valence-electron chi connectivity index (χ3n) is 2.30. The molecular weight excluding hydrogens is 160 g/mol. The molecule has 2 heteroatoms. The number of nitrogens with one attached hydrogen (secondary N) is 1. The molecule has 0 heterocycles. The first-order valence-electron chi connectivity index (χ1n) is 5.46. The van der Waals surface area contributed by atoms with Crippen molar-refractivity contribution in [3.8, 4) is 0 Å². The Bertz CT molecular complexity index is 111. The van der Waals surface area contributed by atoms with E-state index in [1.54, 1.807) is 0 Å². The van der Waals surface area contributed by atoms with Crippen molar-refractivity contribution in [2.45, 2.75) is 39.7 Å². The fraction of sp³-hybridized carbons (Fsp3) is 1.00. The fourth-order valence-electron chi connectivity index (χ4n) is 1.37. The average Bonchev–Trinajstić information content (AvgIpc) is 2.02. The summed E-state index contributed by atoms with van der Waals surface area (Å²) in [5.74, 6) is 0.722. The zero-order valence-electron chi connectivity index (χ0n) is 9.93. The number of hydrogen-bond donors (Lipinski definition) is 1. The van der Waals surface area contributed by atoms with Gasteiger partial charge >= 0.3 is 0 Å². The number of nitrogens with zero attached hydrogens (tertiary/aromatic N) is 1. The molecule has 0 aromatic carbocycles. The summed E-state index contributed by atoms with van der Waals surface area (Å²) in [6, 6.07) is 0.640. The van der Waals surface area contributed by atoms with Crippen molar-refractivity contribution in [2.24, 2.45) is 5.92 Å². The highest BCUT2D eigenvalue weighted by molar-refractivity contribution is 4.72. The van der Waals surface area contributed by atoms with Crippen LogP contribution in [0.3, 0.4) is 0 Å². The second-order valence-electron chi connectivity index (χ2n) is 4.42. The van der Waals surface area contributed by atoms with Crippen LogP contribution in [0.5, 0.6) is 0 Å². The normalized spacial score (nSPS) is 14.1. The van der Waals surface area contributed by atoms with Gasteiger partial charge in [-0.15, -0.1) is 0 Å². The Morgan fingerprint density at radius 3 is 2.23 bits per heavy atom. The molecule has 1 N–H and O–H groups in total. The summed E-state index contributed by atoms with van der Waals surface area (Å²) in [4.78, 5) is 2.25. The molecule has 0 rings (SSSR count). The van der Waals surface area contributed by atoms with Gasteiger partial charge in [0.1, 0.15) is 0 Å². The monoisotopic (exact) mass is 186 g/mol. The van der Waals surface area contributed by atoms with Crippen molar-refractivity contribution in [3.63, 3.8) is 0 Å². The largest absolute Gasteiger partial charge is 0.312 e. The van der Waals surface area contributed by atoms with E-state index >= 15 is 0 Å². The van der Waals surface area contributed by atoms with Crippen molar-refractivity contribution in [1.82, 2.24) is 10.2 Å². The lowest BCUT2D eigenvalue weighted by molar-refractivity contribution is 0.289. The molecule has 0 aliphatic heterocycles. The summed E-state index contributed by atoms with van der Waals surface area (Å²) in [6.07, 6.45) is 2.57. The number of rotatable bonds is 7. The molecule has 0 radical (unpaired) electrons. The van der Waals surface area contributed by atoms with Crippen LogP contribution in [0, 0.1) is 5.92 Å². The van der Waals surface area contributed by atoms with Crippen molar-refractivity contribution >= 4 is 0 Å². The van der Waals surface area contributed by atoms with Gasteiger partial charge in [-0.3, -0.25) is 0 Å². The second kappa shape index (κ2) is 7.34. The number of likely N-dealkylation sites (N-methyl/N-ethyl adjacent to an activating group) is 1. The maximum Gasteiger partial charge on any atom is 0.0217 e. The molecule has 0 aromatic heterocycles. The molecular formula is C11H26N2. The summed E-state index contributed by atoms with van der Waals surface area (Å²) >= 11 is 0. The maximum absolute atomic E-state index is 3.61. The number of unbranched alkanes of at least 4 members (excludes halogenated alkanes) is 1. The summed E-state index contributed by atoms with van der Waals surface area (Å²) in [5, 5.41) is 3.61. The molecule has 0 saturated heterocycles. The Morgan fingerprint density at radius 1 is 1.23 bits per heavy atom. The van der Waals surface area contributed by atoms with E-state index in [-0.39, 0.29) is 0 Å². The Balaban J connectivity index is 3.67. The minimum atomic E-state index is 0.640. The Hall–Kier alpha value is -0.0800. The molecule has 13 heavy (non-hydrogen) atoms. The van der Waals surface area contributed by atoms with E-state index < -0.39 is 0 Å². The highest BCUT2D eigenvalue weighted by atomic mass is 15.1. The SMILES string of the molecule is CCCCN[C@H](CN(C)C)C(C)C. The average molecular weight is 186 g/mol. The van der Waals surface area contributed by atoms with Crippen LogP contribution in [-0.4, -0.2) is 38.1 Å². The molecule has 1 atom stereocenters. The predicted octanol–water partition coefficient (Wildman–Crippen LogP) is 1.96. The van der Waals surface area contributed by atoms with Crippen LogP contribution in [-0.2, 0) is 0 Å². The topological polar surface area (TPSA) is 15.3 Å². The molecule has 0 bridgehead atoms. The standard InChI is InChI=1S/C11H26N2/c1-6-7-8-12-11(10(2)3)9-13(4)5/h10-12H,6-9H2,1-5H3/t11-/m1/s1. The first-order chi connectivity index (χ1) is 6.07. The van der Waals surface area contributed by atoms with Gasteiger partial charge in [0.25, 0.3) is 0 Å². The third-order valence-corrected chi connectivity index (χ3v) is 2.30. The van der Waals surface area contributed by atoms with E-state index in [9.17, 15) is 0 Å². The zero-order chi connectivity index (χ0) is 10.3. The zero-order valence-corrected chi connectivity index (χ0v) is 9.93. The maximum atomic E-state index is 3.61. The van der Waals surface area contributed by atoms with Gasteiger partial charge < -0.3 is 10.2 Å². The van der Waals surface area contributed by atoms with E-state index in [4.69, 9.17) is 0 Å². The summed E-state index contributed by atoms with van der Waals surface area (Å²) in [7, 11) is 4.27. The lowest BCUT2D eigenvalue weighted by atomic mass is 10.0. The van der Waals surface area contributed by atoms with Crippen molar-refractivity contribution in [3.05, 3.63) is 0 Å². The fourth-order valence-corrected chi connectivity index (χ4v) is 1.37. The first-order valence-corrected chi connectivity index (χ1v) is 5.46. The summed E-state index contributed by atoms with van der Waals surface area (Å²) < 4.78 is 0. The quantitative estimate of drug-likeness (QED) is 0.612. The van der Waals surface area contributed by atoms with Crippen LogP contribution >= 0.6 is 0 Å². The third kappa shape index (κ3) is 7.03.